The third-order valence-electron chi connectivity index (χ3n) is 11.0. The molecule has 5 rings (SSSR count). The minimum atomic E-state index is -0.640. The first-order chi connectivity index (χ1) is 17.4. The molecular formula is C31H44O5S. The zero-order valence-corrected chi connectivity index (χ0v) is 23.7. The molecule has 0 aromatic heterocycles. The van der Waals surface area contributed by atoms with Crippen molar-refractivity contribution in [2.75, 3.05) is 12.4 Å². The number of aliphatic hydroxyl groups excluding tert-OH is 1. The molecule has 0 amide bonds. The van der Waals surface area contributed by atoms with Gasteiger partial charge in [0, 0.05) is 16.9 Å². The summed E-state index contributed by atoms with van der Waals surface area (Å²) in [7, 11) is 0. The number of hydrogen-bond donors (Lipinski definition) is 4. The maximum absolute atomic E-state index is 12.3. The lowest BCUT2D eigenvalue weighted by Gasteiger charge is -2.54. The van der Waals surface area contributed by atoms with Gasteiger partial charge >= 0.3 is 5.97 Å². The van der Waals surface area contributed by atoms with Crippen molar-refractivity contribution in [3.05, 3.63) is 34.4 Å². The Morgan fingerprint density at radius 3 is 2.51 bits per heavy atom. The first-order valence-corrected chi connectivity index (χ1v) is 15.2. The molecule has 0 saturated heterocycles. The molecule has 4 aliphatic carbocycles. The fourth-order valence-corrected chi connectivity index (χ4v) is 9.89. The number of carboxylic acid groups (broad SMARTS) is 1. The number of aromatic hydroxyl groups is 2. The summed E-state index contributed by atoms with van der Waals surface area (Å²) in [5, 5.41) is 40.9. The molecule has 2 bridgehead atoms. The van der Waals surface area contributed by atoms with Gasteiger partial charge in [0.1, 0.15) is 0 Å². The Morgan fingerprint density at radius 2 is 1.81 bits per heavy atom. The fraction of sp³-hybridized carbons (Fsp3) is 0.710. The van der Waals surface area contributed by atoms with Crippen LogP contribution in [0.3, 0.4) is 0 Å². The predicted molar refractivity (Wildman–Crippen MR) is 148 cm³/mol. The Morgan fingerprint density at radius 1 is 1.05 bits per heavy atom. The van der Waals surface area contributed by atoms with Gasteiger partial charge in [0.15, 0.2) is 11.5 Å². The molecule has 4 N–H and O–H groups in total. The number of fused-ring (bicyclic) bond motifs is 8. The minimum absolute atomic E-state index is 0.0310. The van der Waals surface area contributed by atoms with E-state index in [2.05, 4.69) is 19.9 Å². The standard InChI is InChI=1S/C31H44O5S/c1-18-26-22(14-23(33)27(18)34)20-6-5-8-30(3)16-19(21(20)15-24(26)37-13-12-32)7-9-29(2)10-11-31(4,28(35)36)17-25(29)30/h14-15,19-20,24-25,32-34H,5-13,16-17H2,1-4H3,(H,35,36)/t19-,20+,24?,25-,29+,30-,31-/m1/s1. The average Bonchev–Trinajstić information content (AvgIpc) is 2.96. The summed E-state index contributed by atoms with van der Waals surface area (Å²) >= 11 is 1.71. The number of aliphatic hydroxyl groups is 1. The van der Waals surface area contributed by atoms with Crippen LogP contribution in [0.5, 0.6) is 11.5 Å². The van der Waals surface area contributed by atoms with E-state index in [9.17, 15) is 25.2 Å². The molecule has 1 aromatic carbocycles. The molecule has 7 atom stereocenters. The van der Waals surface area contributed by atoms with Crippen LogP contribution in [0, 0.1) is 35.0 Å². The van der Waals surface area contributed by atoms with E-state index in [-0.39, 0.29) is 40.1 Å². The number of aliphatic carboxylic acids is 1. The van der Waals surface area contributed by atoms with Crippen LogP contribution < -0.4 is 0 Å². The molecule has 4 aliphatic rings. The number of thioether (sulfide) groups is 1. The van der Waals surface area contributed by atoms with E-state index in [0.717, 1.165) is 74.5 Å². The smallest absolute Gasteiger partial charge is 0.309 e. The summed E-state index contributed by atoms with van der Waals surface area (Å²) in [6.45, 7) is 8.86. The highest BCUT2D eigenvalue weighted by Gasteiger charge is 2.56. The number of carboxylic acids is 1. The number of benzene rings is 1. The highest BCUT2D eigenvalue weighted by molar-refractivity contribution is 7.99. The van der Waals surface area contributed by atoms with Gasteiger partial charge in [-0.1, -0.05) is 31.9 Å². The van der Waals surface area contributed by atoms with Gasteiger partial charge in [-0.2, -0.15) is 0 Å². The van der Waals surface area contributed by atoms with Crippen LogP contribution >= 0.6 is 11.8 Å². The number of phenols is 2. The molecular weight excluding hydrogens is 484 g/mol. The summed E-state index contributed by atoms with van der Waals surface area (Å²) in [5.41, 5.74) is 4.11. The van der Waals surface area contributed by atoms with E-state index >= 15 is 0 Å². The minimum Gasteiger partial charge on any atom is -0.504 e. The van der Waals surface area contributed by atoms with Crippen molar-refractivity contribution in [1.82, 2.24) is 0 Å². The number of rotatable bonds is 4. The molecule has 37 heavy (non-hydrogen) atoms. The molecule has 0 spiro atoms. The van der Waals surface area contributed by atoms with Gasteiger partial charge < -0.3 is 20.4 Å². The maximum Gasteiger partial charge on any atom is 0.309 e. The van der Waals surface area contributed by atoms with Gasteiger partial charge in [0.2, 0.25) is 0 Å². The van der Waals surface area contributed by atoms with E-state index in [4.69, 9.17) is 0 Å². The summed E-state index contributed by atoms with van der Waals surface area (Å²) in [6, 6.07) is 1.80. The van der Waals surface area contributed by atoms with E-state index in [1.165, 1.54) is 5.57 Å². The molecule has 3 saturated carbocycles. The second-order valence-electron chi connectivity index (χ2n) is 13.4. The summed E-state index contributed by atoms with van der Waals surface area (Å²) in [4.78, 5) is 12.3. The first-order valence-electron chi connectivity index (χ1n) is 14.2. The number of phenolic OH excluding ortho intramolecular Hbond substituents is 2. The van der Waals surface area contributed by atoms with Crippen LogP contribution in [0.15, 0.2) is 17.7 Å². The van der Waals surface area contributed by atoms with Crippen LogP contribution in [0.2, 0.25) is 0 Å². The molecule has 3 fully saturated rings. The average molecular weight is 529 g/mol. The Labute approximate surface area is 225 Å². The van der Waals surface area contributed by atoms with E-state index in [0.29, 0.717) is 17.6 Å². The second kappa shape index (κ2) is 9.51. The van der Waals surface area contributed by atoms with Crippen molar-refractivity contribution in [2.24, 2.45) is 28.1 Å². The third kappa shape index (κ3) is 4.40. The Hall–Kier alpha value is -1.66. The van der Waals surface area contributed by atoms with Crippen LogP contribution in [-0.2, 0) is 4.79 Å². The number of carbonyl (C=O) groups is 1. The first kappa shape index (κ1) is 26.9. The Balaban J connectivity index is 1.58. The van der Waals surface area contributed by atoms with Gasteiger partial charge in [-0.05, 0) is 111 Å². The molecule has 0 heterocycles. The highest BCUT2D eigenvalue weighted by Crippen LogP contribution is 2.65. The van der Waals surface area contributed by atoms with E-state index in [1.807, 2.05) is 13.8 Å². The lowest BCUT2D eigenvalue weighted by molar-refractivity contribution is -0.156. The summed E-state index contributed by atoms with van der Waals surface area (Å²) < 4.78 is 0. The van der Waals surface area contributed by atoms with Crippen molar-refractivity contribution in [3.8, 4) is 11.5 Å². The predicted octanol–water partition coefficient (Wildman–Crippen LogP) is 7.08. The molecule has 5 nitrogen and oxygen atoms in total. The normalized spacial score (nSPS) is 39.2. The zero-order valence-electron chi connectivity index (χ0n) is 22.8. The molecule has 1 aromatic rings. The quantitative estimate of drug-likeness (QED) is 0.246. The third-order valence-corrected chi connectivity index (χ3v) is 12.1. The lowest BCUT2D eigenvalue weighted by Crippen LogP contribution is -2.48. The van der Waals surface area contributed by atoms with Crippen LogP contribution in [0.1, 0.15) is 106 Å². The van der Waals surface area contributed by atoms with Gasteiger partial charge in [-0.3, -0.25) is 4.79 Å². The molecule has 0 aliphatic heterocycles. The second-order valence-corrected chi connectivity index (χ2v) is 14.6. The largest absolute Gasteiger partial charge is 0.504 e. The lowest BCUT2D eigenvalue weighted by atomic mass is 9.50. The van der Waals surface area contributed by atoms with Crippen molar-refractivity contribution in [1.29, 1.82) is 0 Å². The van der Waals surface area contributed by atoms with Crippen molar-refractivity contribution in [3.63, 3.8) is 0 Å². The van der Waals surface area contributed by atoms with Crippen molar-refractivity contribution >= 4 is 17.7 Å². The van der Waals surface area contributed by atoms with Gasteiger partial charge in [0.25, 0.3) is 0 Å². The highest BCUT2D eigenvalue weighted by atomic mass is 32.2. The van der Waals surface area contributed by atoms with Gasteiger partial charge in [-0.25, -0.2) is 0 Å². The molecule has 0 radical (unpaired) electrons. The van der Waals surface area contributed by atoms with E-state index in [1.54, 1.807) is 17.8 Å². The van der Waals surface area contributed by atoms with E-state index < -0.39 is 11.4 Å². The molecule has 204 valence electrons. The number of allylic oxidation sites excluding steroid dienone is 1. The SMILES string of the molecule is Cc1c(O)c(O)cc2c1C(SCCO)C=C1[C@@H]3CC[C@@]4(C)CC[C@@](C)(C(=O)O)C[C@H]4[C@](C)(CCC[C@@H]12)C3. The fourth-order valence-electron chi connectivity index (χ4n) is 8.80. The summed E-state index contributed by atoms with van der Waals surface area (Å²) in [6.07, 6.45) is 11.4. The van der Waals surface area contributed by atoms with Crippen molar-refractivity contribution in [2.45, 2.75) is 96.7 Å². The monoisotopic (exact) mass is 528 g/mol. The Bertz CT molecular complexity index is 1110. The van der Waals surface area contributed by atoms with Crippen molar-refractivity contribution < 1.29 is 25.2 Å². The zero-order chi connectivity index (χ0) is 26.8. The van der Waals surface area contributed by atoms with Crippen LogP contribution in [0.4, 0.5) is 0 Å². The van der Waals surface area contributed by atoms with Crippen LogP contribution in [-0.4, -0.2) is 38.8 Å². The molecule has 6 heteroatoms. The summed E-state index contributed by atoms with van der Waals surface area (Å²) in [5.74, 6) is 0.970. The van der Waals surface area contributed by atoms with Gasteiger partial charge in [0.05, 0.1) is 12.0 Å². The van der Waals surface area contributed by atoms with Crippen LogP contribution in [0.25, 0.3) is 0 Å². The number of hydrogen-bond acceptors (Lipinski definition) is 5. The Kier molecular flexibility index (Phi) is 6.92. The topological polar surface area (TPSA) is 98.0 Å². The maximum atomic E-state index is 12.3. The molecule has 1 unspecified atom stereocenters. The van der Waals surface area contributed by atoms with Gasteiger partial charge in [-0.15, -0.1) is 11.8 Å².